The van der Waals surface area contributed by atoms with Crippen molar-refractivity contribution in [1.29, 1.82) is 0 Å². The van der Waals surface area contributed by atoms with Gasteiger partial charge in [0.25, 0.3) is 11.1 Å². The van der Waals surface area contributed by atoms with Crippen molar-refractivity contribution in [3.8, 4) is 5.88 Å². The Bertz CT molecular complexity index is 1150. The Morgan fingerprint density at radius 2 is 1.79 bits per heavy atom. The summed E-state index contributed by atoms with van der Waals surface area (Å²) in [7, 11) is 2.53. The zero-order valence-corrected chi connectivity index (χ0v) is 12.7. The number of hydrogen-bond donors (Lipinski definition) is 1. The maximum Gasteiger partial charge on any atom is 0.333 e. The highest BCUT2D eigenvalue weighted by atomic mass is 16.3. The van der Waals surface area contributed by atoms with Crippen LogP contribution in [0.1, 0.15) is 0 Å². The van der Waals surface area contributed by atoms with Crippen LogP contribution in [0, 0.1) is 0 Å². The monoisotopic (exact) mass is 328 g/mol. The van der Waals surface area contributed by atoms with E-state index in [0.717, 1.165) is 9.13 Å². The fraction of sp³-hybridized carbons (Fsp3) is 0.143. The van der Waals surface area contributed by atoms with Crippen molar-refractivity contribution in [3.63, 3.8) is 0 Å². The molecule has 0 aliphatic heterocycles. The van der Waals surface area contributed by atoms with Crippen LogP contribution in [0.3, 0.4) is 0 Å². The summed E-state index contributed by atoms with van der Waals surface area (Å²) in [6.45, 7) is 0. The van der Waals surface area contributed by atoms with Crippen LogP contribution in [-0.4, -0.2) is 23.6 Å². The molecule has 24 heavy (non-hydrogen) atoms. The number of rotatable bonds is 2. The molecule has 0 radical (unpaired) electrons. The van der Waals surface area contributed by atoms with Crippen molar-refractivity contribution in [3.05, 3.63) is 61.8 Å². The lowest BCUT2D eigenvalue weighted by Crippen LogP contribution is -2.36. The molecule has 3 rings (SSSR count). The summed E-state index contributed by atoms with van der Waals surface area (Å²) in [6, 6.07) is 5.04. The maximum absolute atomic E-state index is 12.3. The molecule has 0 unspecified atom stereocenters. The Balaban J connectivity index is 2.17. The highest BCUT2D eigenvalue weighted by Crippen LogP contribution is 2.20. The summed E-state index contributed by atoms with van der Waals surface area (Å²) in [5, 5.41) is 17.2. The van der Waals surface area contributed by atoms with E-state index in [1.54, 1.807) is 18.2 Å². The van der Waals surface area contributed by atoms with E-state index in [4.69, 9.17) is 0 Å². The predicted octanol–water partition coefficient (Wildman–Crippen LogP) is 0.213. The van der Waals surface area contributed by atoms with Gasteiger partial charge in [-0.25, -0.2) is 9.78 Å². The molecule has 3 aromatic rings. The molecule has 0 amide bonds. The molecule has 1 N–H and O–H groups in total. The van der Waals surface area contributed by atoms with Crippen LogP contribution >= 0.6 is 0 Å². The van der Waals surface area contributed by atoms with Gasteiger partial charge in [0.05, 0.1) is 6.20 Å². The molecule has 0 spiro atoms. The van der Waals surface area contributed by atoms with E-state index in [9.17, 15) is 19.5 Å². The molecular weight excluding hydrogens is 316 g/mol. The minimum Gasteiger partial charge on any atom is -0.493 e. The Morgan fingerprint density at radius 3 is 2.54 bits per heavy atom. The number of azo groups is 1. The summed E-state index contributed by atoms with van der Waals surface area (Å²) in [4.78, 5) is 40.0. The predicted molar refractivity (Wildman–Crippen MR) is 84.2 cm³/mol. The third-order valence-corrected chi connectivity index (χ3v) is 3.46. The molecule has 0 aliphatic carbocycles. The number of pyridine rings is 1. The van der Waals surface area contributed by atoms with E-state index in [2.05, 4.69) is 15.2 Å². The third-order valence-electron chi connectivity index (χ3n) is 3.46. The van der Waals surface area contributed by atoms with Gasteiger partial charge in [0.2, 0.25) is 11.6 Å². The second-order valence-electron chi connectivity index (χ2n) is 4.96. The molecular formula is C14H12N6O4. The number of hydrogen-bond acceptors (Lipinski definition) is 7. The van der Waals surface area contributed by atoms with Gasteiger partial charge in [-0.2, -0.15) is 0 Å². The first kappa shape index (κ1) is 15.3. The van der Waals surface area contributed by atoms with Gasteiger partial charge in [-0.15, -0.1) is 10.2 Å². The van der Waals surface area contributed by atoms with E-state index in [1.165, 1.54) is 30.9 Å². The van der Waals surface area contributed by atoms with Crippen LogP contribution in [0.25, 0.3) is 5.65 Å². The van der Waals surface area contributed by atoms with Crippen molar-refractivity contribution < 1.29 is 5.11 Å². The molecule has 0 saturated carbocycles. The van der Waals surface area contributed by atoms with Gasteiger partial charge >= 0.3 is 5.69 Å². The average Bonchev–Trinajstić information content (AvgIpc) is 2.60. The normalized spacial score (nSPS) is 11.4. The fourth-order valence-electron chi connectivity index (χ4n) is 2.09. The van der Waals surface area contributed by atoms with Crippen LogP contribution in [0.15, 0.2) is 55.2 Å². The quantitative estimate of drug-likeness (QED) is 0.674. The van der Waals surface area contributed by atoms with Gasteiger partial charge in [0.15, 0.2) is 5.69 Å². The van der Waals surface area contributed by atoms with Crippen LogP contribution in [0.4, 0.5) is 11.4 Å². The molecule has 10 nitrogen and oxygen atoms in total. The molecule has 0 bridgehead atoms. The summed E-state index contributed by atoms with van der Waals surface area (Å²) in [6.07, 6.45) is 2.73. The Hall–Kier alpha value is -3.56. The highest BCUT2D eigenvalue weighted by Gasteiger charge is 2.14. The first-order valence-electron chi connectivity index (χ1n) is 6.79. The fourth-order valence-corrected chi connectivity index (χ4v) is 2.09. The smallest absolute Gasteiger partial charge is 0.333 e. The number of aromatic nitrogens is 4. The topological polar surface area (TPSA) is 123 Å². The molecule has 0 fully saturated rings. The van der Waals surface area contributed by atoms with Gasteiger partial charge in [0.1, 0.15) is 5.65 Å². The zero-order valence-electron chi connectivity index (χ0n) is 12.7. The van der Waals surface area contributed by atoms with Crippen LogP contribution in [-0.2, 0) is 14.1 Å². The lowest BCUT2D eigenvalue weighted by atomic mass is 10.4. The van der Waals surface area contributed by atoms with Gasteiger partial charge in [-0.1, -0.05) is 6.07 Å². The SMILES string of the molecule is Cn1c(O)c(N=Nc2cnc3ccccn3c2=O)c(=O)n(C)c1=O. The standard InChI is InChI=1S/C14H12N6O4/c1-18-12(22)10(13(23)19(2)14(18)24)17-16-8-7-15-9-5-3-4-6-20(9)11(8)21/h3-7,22H,1-2H3. The minimum atomic E-state index is -0.826. The Labute approximate surface area is 133 Å². The number of nitrogens with zero attached hydrogens (tertiary/aromatic N) is 6. The first-order chi connectivity index (χ1) is 11.4. The molecule has 0 aromatic carbocycles. The van der Waals surface area contributed by atoms with E-state index in [0.29, 0.717) is 5.65 Å². The van der Waals surface area contributed by atoms with Crippen molar-refractivity contribution in [2.24, 2.45) is 24.3 Å². The third kappa shape index (κ3) is 2.29. The van der Waals surface area contributed by atoms with E-state index < -0.39 is 28.4 Å². The van der Waals surface area contributed by atoms with Crippen molar-refractivity contribution in [2.75, 3.05) is 0 Å². The second kappa shape index (κ2) is 5.57. The minimum absolute atomic E-state index is 0.117. The van der Waals surface area contributed by atoms with Gasteiger partial charge < -0.3 is 5.11 Å². The summed E-state index contributed by atoms with van der Waals surface area (Å²) in [5.41, 5.74) is -2.14. The Kier molecular flexibility index (Phi) is 3.56. The van der Waals surface area contributed by atoms with Gasteiger partial charge in [-0.05, 0) is 12.1 Å². The lowest BCUT2D eigenvalue weighted by Gasteiger charge is -2.06. The summed E-state index contributed by atoms with van der Waals surface area (Å²) in [5.74, 6) is -0.638. The molecule has 0 saturated heterocycles. The summed E-state index contributed by atoms with van der Waals surface area (Å²) < 4.78 is 2.90. The van der Waals surface area contributed by atoms with Crippen LogP contribution in [0.2, 0.25) is 0 Å². The van der Waals surface area contributed by atoms with E-state index in [1.807, 2.05) is 0 Å². The van der Waals surface area contributed by atoms with E-state index >= 15 is 0 Å². The molecule has 122 valence electrons. The largest absolute Gasteiger partial charge is 0.493 e. The van der Waals surface area contributed by atoms with Crippen LogP contribution in [0.5, 0.6) is 5.88 Å². The van der Waals surface area contributed by atoms with Crippen molar-refractivity contribution in [1.82, 2.24) is 18.5 Å². The zero-order chi connectivity index (χ0) is 17.4. The summed E-state index contributed by atoms with van der Waals surface area (Å²) >= 11 is 0. The second-order valence-corrected chi connectivity index (χ2v) is 4.96. The van der Waals surface area contributed by atoms with Crippen molar-refractivity contribution >= 4 is 17.0 Å². The molecule has 0 atom stereocenters. The van der Waals surface area contributed by atoms with Gasteiger partial charge in [0, 0.05) is 20.3 Å². The highest BCUT2D eigenvalue weighted by molar-refractivity contribution is 5.46. The molecule has 0 aliphatic rings. The molecule has 10 heteroatoms. The van der Waals surface area contributed by atoms with Crippen molar-refractivity contribution in [2.45, 2.75) is 0 Å². The van der Waals surface area contributed by atoms with Gasteiger partial charge in [-0.3, -0.25) is 23.1 Å². The van der Waals surface area contributed by atoms with Crippen LogP contribution < -0.4 is 16.8 Å². The lowest BCUT2D eigenvalue weighted by molar-refractivity contribution is 0.413. The van der Waals surface area contributed by atoms with E-state index in [-0.39, 0.29) is 5.69 Å². The number of fused-ring (bicyclic) bond motifs is 1. The number of aromatic hydroxyl groups is 1. The average molecular weight is 328 g/mol. The Morgan fingerprint density at radius 1 is 1.04 bits per heavy atom. The molecule has 3 heterocycles. The first-order valence-corrected chi connectivity index (χ1v) is 6.79. The maximum atomic E-state index is 12.3. The molecule has 3 aromatic heterocycles.